The standard InChI is InChI=1S/C35H33F2N3O4/c36-30-15-7-16-31(37)29(30)24-38-40-34(42)35(21-8-12-25-10-3-1-4-11-25)32(26-13-5-2-6-14-26)44-33(39-35)27-17-19-28(20-18-27)43-23-9-22-41/h1-8,10-20,32,38,41H,9,21-24H2,(H,40,42)/b12-8+/t32-,35-/m0/s1. The molecule has 9 heteroatoms. The van der Waals surface area contributed by atoms with Crippen LogP contribution in [0.3, 0.4) is 0 Å². The van der Waals surface area contributed by atoms with Gasteiger partial charge in [-0.15, -0.1) is 0 Å². The summed E-state index contributed by atoms with van der Waals surface area (Å²) in [5, 5.41) is 9.02. The molecule has 1 aliphatic heterocycles. The summed E-state index contributed by atoms with van der Waals surface area (Å²) in [5.74, 6) is -1.07. The van der Waals surface area contributed by atoms with E-state index >= 15 is 0 Å². The van der Waals surface area contributed by atoms with Gasteiger partial charge in [-0.1, -0.05) is 78.9 Å². The molecule has 0 saturated heterocycles. The summed E-state index contributed by atoms with van der Waals surface area (Å²) in [6.45, 7) is 0.145. The minimum Gasteiger partial charge on any atom is -0.494 e. The number of benzene rings is 4. The van der Waals surface area contributed by atoms with Crippen LogP contribution in [0.2, 0.25) is 0 Å². The van der Waals surface area contributed by atoms with Crippen molar-refractivity contribution >= 4 is 17.9 Å². The van der Waals surface area contributed by atoms with Crippen LogP contribution in [0.25, 0.3) is 6.08 Å². The smallest absolute Gasteiger partial charge is 0.266 e. The van der Waals surface area contributed by atoms with Crippen LogP contribution in [0.1, 0.15) is 41.2 Å². The molecule has 0 aromatic heterocycles. The summed E-state index contributed by atoms with van der Waals surface area (Å²) < 4.78 is 40.6. The van der Waals surface area contributed by atoms with Crippen LogP contribution >= 0.6 is 0 Å². The van der Waals surface area contributed by atoms with Crippen LogP contribution in [0.5, 0.6) is 5.75 Å². The highest BCUT2D eigenvalue weighted by Crippen LogP contribution is 2.43. The number of aliphatic hydroxyl groups is 1. The molecule has 0 spiro atoms. The Labute approximate surface area is 254 Å². The molecule has 1 aliphatic rings. The molecule has 0 bridgehead atoms. The van der Waals surface area contributed by atoms with Gasteiger partial charge in [0.15, 0.2) is 11.6 Å². The third kappa shape index (κ3) is 7.19. The van der Waals surface area contributed by atoms with Gasteiger partial charge in [-0.2, -0.15) is 0 Å². The molecular formula is C35H33F2N3O4. The van der Waals surface area contributed by atoms with Crippen molar-refractivity contribution in [2.45, 2.75) is 31.0 Å². The average Bonchev–Trinajstić information content (AvgIpc) is 3.44. The summed E-state index contributed by atoms with van der Waals surface area (Å²) >= 11 is 0. The van der Waals surface area contributed by atoms with Crippen LogP contribution in [0.4, 0.5) is 8.78 Å². The van der Waals surface area contributed by atoms with E-state index in [0.717, 1.165) is 23.3 Å². The zero-order chi connectivity index (χ0) is 30.8. The second-order valence-electron chi connectivity index (χ2n) is 10.2. The first-order valence-corrected chi connectivity index (χ1v) is 14.3. The number of hydrogen-bond acceptors (Lipinski definition) is 6. The molecule has 1 heterocycles. The molecule has 4 aromatic rings. The zero-order valence-corrected chi connectivity index (χ0v) is 24.0. The predicted molar refractivity (Wildman–Crippen MR) is 165 cm³/mol. The van der Waals surface area contributed by atoms with Gasteiger partial charge >= 0.3 is 0 Å². The molecule has 3 N–H and O–H groups in total. The predicted octanol–water partition coefficient (Wildman–Crippen LogP) is 5.91. The first-order chi connectivity index (χ1) is 21.5. The number of halogens is 2. The number of aliphatic hydroxyl groups excluding tert-OH is 1. The van der Waals surface area contributed by atoms with Gasteiger partial charge in [-0.3, -0.25) is 10.2 Å². The Hall–Kier alpha value is -4.86. The van der Waals surface area contributed by atoms with Crippen molar-refractivity contribution in [3.63, 3.8) is 0 Å². The van der Waals surface area contributed by atoms with E-state index in [1.54, 1.807) is 24.3 Å². The van der Waals surface area contributed by atoms with E-state index in [1.165, 1.54) is 6.07 Å². The molecule has 0 radical (unpaired) electrons. The van der Waals surface area contributed by atoms with Gasteiger partial charge in [0.25, 0.3) is 5.91 Å². The van der Waals surface area contributed by atoms with E-state index in [2.05, 4.69) is 10.9 Å². The molecule has 0 unspecified atom stereocenters. The van der Waals surface area contributed by atoms with E-state index in [9.17, 15) is 13.6 Å². The maximum absolute atomic E-state index is 14.3. The number of hydrogen-bond donors (Lipinski definition) is 3. The number of nitrogens with zero attached hydrogens (tertiary/aromatic N) is 1. The fraction of sp³-hybridized carbons (Fsp3) is 0.200. The zero-order valence-electron chi connectivity index (χ0n) is 24.0. The van der Waals surface area contributed by atoms with E-state index in [0.29, 0.717) is 24.3 Å². The fourth-order valence-corrected chi connectivity index (χ4v) is 4.90. The van der Waals surface area contributed by atoms with Crippen molar-refractivity contribution in [1.29, 1.82) is 0 Å². The van der Waals surface area contributed by atoms with Crippen LogP contribution in [-0.2, 0) is 16.1 Å². The molecule has 5 rings (SSSR count). The number of amides is 1. The minimum atomic E-state index is -1.47. The van der Waals surface area contributed by atoms with Crippen LogP contribution in [-0.4, -0.2) is 35.7 Å². The lowest BCUT2D eigenvalue weighted by Gasteiger charge is -2.29. The van der Waals surface area contributed by atoms with Crippen molar-refractivity contribution in [3.8, 4) is 5.75 Å². The second kappa shape index (κ2) is 14.5. The molecule has 2 atom stereocenters. The normalized spacial score (nSPS) is 17.7. The van der Waals surface area contributed by atoms with Crippen molar-refractivity contribution in [1.82, 2.24) is 10.9 Å². The van der Waals surface area contributed by atoms with Gasteiger partial charge in [0.1, 0.15) is 17.4 Å². The number of rotatable bonds is 13. The average molecular weight is 598 g/mol. The maximum atomic E-state index is 14.3. The quantitative estimate of drug-likeness (QED) is 0.132. The number of aliphatic imine (C=N–C) groups is 1. The van der Waals surface area contributed by atoms with E-state index in [4.69, 9.17) is 19.6 Å². The van der Waals surface area contributed by atoms with Gasteiger partial charge < -0.3 is 14.6 Å². The van der Waals surface area contributed by atoms with E-state index < -0.39 is 29.2 Å². The van der Waals surface area contributed by atoms with Crippen LogP contribution < -0.4 is 15.6 Å². The molecule has 0 saturated carbocycles. The Morgan fingerprint density at radius 3 is 2.30 bits per heavy atom. The Morgan fingerprint density at radius 2 is 1.61 bits per heavy atom. The van der Waals surface area contributed by atoms with Crippen molar-refractivity contribution in [2.24, 2.45) is 4.99 Å². The number of hydrazine groups is 1. The van der Waals surface area contributed by atoms with Crippen LogP contribution in [0, 0.1) is 11.6 Å². The third-order valence-corrected chi connectivity index (χ3v) is 7.20. The molecular weight excluding hydrogens is 564 g/mol. The molecule has 0 fully saturated rings. The Kier molecular flexibility index (Phi) is 10.1. The van der Waals surface area contributed by atoms with Gasteiger partial charge in [-0.25, -0.2) is 19.2 Å². The fourth-order valence-electron chi connectivity index (χ4n) is 4.90. The lowest BCUT2D eigenvalue weighted by molar-refractivity contribution is -0.129. The Morgan fingerprint density at radius 1 is 0.932 bits per heavy atom. The highest BCUT2D eigenvalue weighted by atomic mass is 19.1. The largest absolute Gasteiger partial charge is 0.494 e. The number of carbonyl (C=O) groups is 1. The van der Waals surface area contributed by atoms with Crippen molar-refractivity contribution in [2.75, 3.05) is 13.2 Å². The molecule has 1 amide bonds. The lowest BCUT2D eigenvalue weighted by atomic mass is 9.84. The van der Waals surface area contributed by atoms with Crippen molar-refractivity contribution in [3.05, 3.63) is 143 Å². The monoisotopic (exact) mass is 597 g/mol. The summed E-state index contributed by atoms with van der Waals surface area (Å²) in [5.41, 5.74) is 5.99. The third-order valence-electron chi connectivity index (χ3n) is 7.20. The van der Waals surface area contributed by atoms with E-state index in [-0.39, 0.29) is 31.0 Å². The summed E-state index contributed by atoms with van der Waals surface area (Å²) in [6.07, 6.45) is 3.64. The first kappa shape index (κ1) is 30.6. The number of nitrogens with one attached hydrogen (secondary N) is 2. The van der Waals surface area contributed by atoms with Gasteiger partial charge in [0.05, 0.1) is 6.61 Å². The summed E-state index contributed by atoms with van der Waals surface area (Å²) in [4.78, 5) is 19.0. The van der Waals surface area contributed by atoms with Crippen LogP contribution in [0.15, 0.2) is 114 Å². The van der Waals surface area contributed by atoms with Crippen molar-refractivity contribution < 1.29 is 28.2 Å². The maximum Gasteiger partial charge on any atom is 0.266 e. The highest BCUT2D eigenvalue weighted by molar-refractivity contribution is 6.01. The van der Waals surface area contributed by atoms with Gasteiger partial charge in [0, 0.05) is 37.1 Å². The summed E-state index contributed by atoms with van der Waals surface area (Å²) in [7, 11) is 0. The molecule has 4 aromatic carbocycles. The molecule has 226 valence electrons. The molecule has 0 aliphatic carbocycles. The SMILES string of the molecule is O=C(NNCc1c(F)cccc1F)[C@@]1(C/C=C/c2ccccc2)N=C(c2ccc(OCCCO)cc2)O[C@H]1c1ccccc1. The minimum absolute atomic E-state index is 0.0382. The Balaban J connectivity index is 1.48. The lowest BCUT2D eigenvalue weighted by Crippen LogP contribution is -2.52. The number of carbonyl (C=O) groups excluding carboxylic acids is 1. The summed E-state index contributed by atoms with van der Waals surface area (Å²) in [6, 6.07) is 29.7. The number of ether oxygens (including phenoxy) is 2. The van der Waals surface area contributed by atoms with Gasteiger partial charge in [0.2, 0.25) is 5.90 Å². The molecule has 7 nitrogen and oxygen atoms in total. The van der Waals surface area contributed by atoms with E-state index in [1.807, 2.05) is 72.8 Å². The topological polar surface area (TPSA) is 92.2 Å². The first-order valence-electron chi connectivity index (χ1n) is 14.3. The highest BCUT2D eigenvalue weighted by Gasteiger charge is 2.52. The Bertz CT molecular complexity index is 1580. The van der Waals surface area contributed by atoms with Gasteiger partial charge in [-0.05, 0) is 47.5 Å². The second-order valence-corrected chi connectivity index (χ2v) is 10.2. The molecule has 44 heavy (non-hydrogen) atoms.